The molecule has 0 aromatic rings. The molecule has 0 aliphatic carbocycles. The highest BCUT2D eigenvalue weighted by Gasteiger charge is 2.13. The summed E-state index contributed by atoms with van der Waals surface area (Å²) in [7, 11) is -3.72. The largest absolute Gasteiger partial charge is 0.378 e. The fraction of sp³-hybridized carbons (Fsp3) is 1.00. The van der Waals surface area contributed by atoms with Gasteiger partial charge in [-0.05, 0) is 11.1 Å². The topological polar surface area (TPSA) is 150 Å². The van der Waals surface area contributed by atoms with Gasteiger partial charge in [-0.15, -0.1) is 0 Å². The SMILES string of the molecule is CS(=O)(=O)OC(COCCN=[N+]=[N-])N=[N+]=[N-]. The molecule has 0 spiro atoms. The van der Waals surface area contributed by atoms with Gasteiger partial charge in [-0.3, -0.25) is 4.18 Å². The molecule has 0 rings (SSSR count). The van der Waals surface area contributed by atoms with Gasteiger partial charge in [0.1, 0.15) is 0 Å². The fourth-order valence-electron chi connectivity index (χ4n) is 0.674. The van der Waals surface area contributed by atoms with Crippen molar-refractivity contribution in [2.75, 3.05) is 26.0 Å². The van der Waals surface area contributed by atoms with Crippen molar-refractivity contribution in [1.29, 1.82) is 0 Å². The van der Waals surface area contributed by atoms with Crippen LogP contribution in [0, 0.1) is 0 Å². The molecule has 0 heterocycles. The summed E-state index contributed by atoms with van der Waals surface area (Å²) in [5.74, 6) is 0. The zero-order valence-corrected chi connectivity index (χ0v) is 9.24. The molecule has 0 amide bonds. The van der Waals surface area contributed by atoms with E-state index in [2.05, 4.69) is 24.2 Å². The predicted octanol–water partition coefficient (Wildman–Crippen LogP) is 0.926. The van der Waals surface area contributed by atoms with Gasteiger partial charge >= 0.3 is 0 Å². The zero-order chi connectivity index (χ0) is 12.4. The van der Waals surface area contributed by atoms with E-state index in [0.717, 1.165) is 6.26 Å². The van der Waals surface area contributed by atoms with Crippen LogP contribution in [0.1, 0.15) is 0 Å². The van der Waals surface area contributed by atoms with E-state index >= 15 is 0 Å². The molecular weight excluding hydrogens is 240 g/mol. The van der Waals surface area contributed by atoms with Gasteiger partial charge in [0.25, 0.3) is 10.1 Å². The van der Waals surface area contributed by atoms with Crippen LogP contribution < -0.4 is 0 Å². The van der Waals surface area contributed by atoms with E-state index in [-0.39, 0.29) is 19.8 Å². The molecular formula is C5H10N6O4S. The number of hydrogen-bond acceptors (Lipinski definition) is 6. The molecule has 0 saturated carbocycles. The first-order chi connectivity index (χ1) is 7.49. The molecule has 1 atom stereocenters. The third-order valence-corrected chi connectivity index (χ3v) is 1.70. The maximum absolute atomic E-state index is 10.7. The number of hydrogen-bond donors (Lipinski definition) is 0. The maximum atomic E-state index is 10.7. The van der Waals surface area contributed by atoms with E-state index in [9.17, 15) is 8.42 Å². The molecule has 0 bridgehead atoms. The third kappa shape index (κ3) is 9.06. The number of azide groups is 2. The first-order valence-electron chi connectivity index (χ1n) is 4.00. The molecule has 11 heteroatoms. The van der Waals surface area contributed by atoms with E-state index < -0.39 is 16.3 Å². The van der Waals surface area contributed by atoms with Crippen molar-refractivity contribution >= 4 is 10.1 Å². The molecule has 1 unspecified atom stereocenters. The van der Waals surface area contributed by atoms with Crippen LogP contribution in [0.15, 0.2) is 10.2 Å². The molecule has 0 saturated heterocycles. The highest BCUT2D eigenvalue weighted by atomic mass is 32.2. The molecule has 0 aromatic heterocycles. The minimum Gasteiger partial charge on any atom is -0.378 e. The Hall–Kier alpha value is -1.51. The second-order valence-corrected chi connectivity index (χ2v) is 4.09. The summed E-state index contributed by atoms with van der Waals surface area (Å²) in [6, 6.07) is 0. The Morgan fingerprint density at radius 3 is 2.56 bits per heavy atom. The Morgan fingerprint density at radius 1 is 1.38 bits per heavy atom. The van der Waals surface area contributed by atoms with Crippen LogP contribution in [0.3, 0.4) is 0 Å². The molecule has 16 heavy (non-hydrogen) atoms. The van der Waals surface area contributed by atoms with Crippen molar-refractivity contribution in [2.45, 2.75) is 6.23 Å². The van der Waals surface area contributed by atoms with Crippen molar-refractivity contribution in [3.05, 3.63) is 20.9 Å². The van der Waals surface area contributed by atoms with Crippen molar-refractivity contribution in [2.24, 2.45) is 10.2 Å². The number of nitrogens with zero attached hydrogens (tertiary/aromatic N) is 6. The van der Waals surface area contributed by atoms with E-state index in [1.165, 1.54) is 0 Å². The molecule has 0 aliphatic rings. The van der Waals surface area contributed by atoms with E-state index in [0.29, 0.717) is 0 Å². The zero-order valence-electron chi connectivity index (χ0n) is 8.42. The summed E-state index contributed by atoms with van der Waals surface area (Å²) < 4.78 is 30.7. The minimum absolute atomic E-state index is 0.0780. The van der Waals surface area contributed by atoms with Gasteiger partial charge < -0.3 is 4.74 Å². The Balaban J connectivity index is 4.04. The average molecular weight is 250 g/mol. The maximum Gasteiger partial charge on any atom is 0.264 e. The van der Waals surface area contributed by atoms with Gasteiger partial charge in [-0.25, -0.2) is 0 Å². The van der Waals surface area contributed by atoms with Gasteiger partial charge in [0.2, 0.25) is 0 Å². The Morgan fingerprint density at radius 2 is 2.06 bits per heavy atom. The summed E-state index contributed by atoms with van der Waals surface area (Å²) in [6.07, 6.45) is -0.432. The smallest absolute Gasteiger partial charge is 0.264 e. The number of rotatable bonds is 8. The molecule has 10 nitrogen and oxygen atoms in total. The summed E-state index contributed by atoms with van der Waals surface area (Å²) in [5.41, 5.74) is 16.1. The van der Waals surface area contributed by atoms with Gasteiger partial charge in [0.05, 0.1) is 19.5 Å². The Kier molecular flexibility index (Phi) is 7.01. The van der Waals surface area contributed by atoms with Crippen LogP contribution >= 0.6 is 0 Å². The van der Waals surface area contributed by atoms with Crippen LogP contribution in [0.4, 0.5) is 0 Å². The molecule has 90 valence electrons. The van der Waals surface area contributed by atoms with Crippen LogP contribution in [-0.4, -0.2) is 40.7 Å². The first-order valence-corrected chi connectivity index (χ1v) is 5.82. The molecule has 0 aliphatic heterocycles. The molecule has 0 aromatic carbocycles. The van der Waals surface area contributed by atoms with Crippen LogP contribution in [0.2, 0.25) is 0 Å². The van der Waals surface area contributed by atoms with Crippen molar-refractivity contribution in [3.8, 4) is 0 Å². The third-order valence-electron chi connectivity index (χ3n) is 1.13. The summed E-state index contributed by atoms with van der Waals surface area (Å²) >= 11 is 0. The van der Waals surface area contributed by atoms with Gasteiger partial charge in [0.15, 0.2) is 6.23 Å². The van der Waals surface area contributed by atoms with Crippen molar-refractivity contribution < 1.29 is 17.3 Å². The van der Waals surface area contributed by atoms with Crippen LogP contribution in [0.25, 0.3) is 20.9 Å². The van der Waals surface area contributed by atoms with Crippen LogP contribution in [0.5, 0.6) is 0 Å². The predicted molar refractivity (Wildman–Crippen MR) is 53.7 cm³/mol. The Bertz CT molecular complexity index is 395. The minimum atomic E-state index is -3.72. The Labute approximate surface area is 91.5 Å². The van der Waals surface area contributed by atoms with Crippen molar-refractivity contribution in [3.63, 3.8) is 0 Å². The van der Waals surface area contributed by atoms with E-state index in [1.54, 1.807) is 0 Å². The second-order valence-electron chi connectivity index (χ2n) is 2.49. The lowest BCUT2D eigenvalue weighted by Gasteiger charge is -2.10. The average Bonchev–Trinajstić information content (AvgIpc) is 2.15. The monoisotopic (exact) mass is 250 g/mol. The van der Waals surface area contributed by atoms with Gasteiger partial charge in [-0.2, -0.15) is 8.42 Å². The molecule has 0 N–H and O–H groups in total. The summed E-state index contributed by atoms with van der Waals surface area (Å²) in [4.78, 5) is 4.89. The standard InChI is InChI=1S/C5H10N6O4S/c1-16(12,13)15-5(9-11-7)4-14-3-2-8-10-6/h5H,2-4H2,1H3. The second kappa shape index (κ2) is 7.74. The van der Waals surface area contributed by atoms with Gasteiger partial charge in [-0.1, -0.05) is 10.2 Å². The highest BCUT2D eigenvalue weighted by Crippen LogP contribution is 2.01. The fourth-order valence-corrected chi connectivity index (χ4v) is 1.17. The first kappa shape index (κ1) is 14.5. The van der Waals surface area contributed by atoms with Gasteiger partial charge in [0, 0.05) is 16.4 Å². The van der Waals surface area contributed by atoms with Crippen molar-refractivity contribution in [1.82, 2.24) is 0 Å². The summed E-state index contributed by atoms with van der Waals surface area (Å²) in [5, 5.41) is 6.26. The van der Waals surface area contributed by atoms with E-state index in [1.807, 2.05) is 0 Å². The molecule has 0 fully saturated rings. The summed E-state index contributed by atoms with van der Waals surface area (Å²) in [6.45, 7) is -0.0644. The van der Waals surface area contributed by atoms with Crippen LogP contribution in [-0.2, 0) is 19.0 Å². The van der Waals surface area contributed by atoms with E-state index in [4.69, 9.17) is 15.8 Å². The highest BCUT2D eigenvalue weighted by molar-refractivity contribution is 7.86. The quantitative estimate of drug-likeness (QED) is 0.207. The normalized spacial score (nSPS) is 12.3. The lowest BCUT2D eigenvalue weighted by molar-refractivity contribution is 0.0610. The lowest BCUT2D eigenvalue weighted by atomic mass is 10.6. The number of ether oxygens (including phenoxy) is 1. The molecule has 0 radical (unpaired) electrons. The lowest BCUT2D eigenvalue weighted by Crippen LogP contribution is -2.21.